The van der Waals surface area contributed by atoms with Crippen molar-refractivity contribution in [1.29, 1.82) is 0 Å². The van der Waals surface area contributed by atoms with Crippen LogP contribution in [0.25, 0.3) is 0 Å². The molecule has 0 bridgehead atoms. The number of thioether (sulfide) groups is 1. The van der Waals surface area contributed by atoms with E-state index in [0.717, 1.165) is 72.8 Å². The molecule has 0 aliphatic carbocycles. The number of benzene rings is 3. The summed E-state index contributed by atoms with van der Waals surface area (Å²) >= 11 is 1.69. The number of piperidine rings is 1. The van der Waals surface area contributed by atoms with Crippen LogP contribution in [0.15, 0.2) is 71.6 Å². The van der Waals surface area contributed by atoms with E-state index in [1.165, 1.54) is 12.1 Å². The first-order valence-electron chi connectivity index (χ1n) is 13.7. The molecule has 1 amide bonds. The van der Waals surface area contributed by atoms with Gasteiger partial charge in [-0.05, 0) is 101 Å². The number of amides is 1. The van der Waals surface area contributed by atoms with Crippen LogP contribution in [-0.4, -0.2) is 42.8 Å². The minimum Gasteiger partial charge on any atom is -0.493 e. The number of hydrogen-bond acceptors (Lipinski definition) is 5. The van der Waals surface area contributed by atoms with Gasteiger partial charge in [0, 0.05) is 28.9 Å². The fourth-order valence-corrected chi connectivity index (χ4v) is 6.84. The molecule has 0 N–H and O–H groups in total. The molecule has 5 nitrogen and oxygen atoms in total. The average Bonchev–Trinajstić information content (AvgIpc) is 3.34. The highest BCUT2D eigenvalue weighted by Crippen LogP contribution is 2.53. The van der Waals surface area contributed by atoms with E-state index in [1.54, 1.807) is 30.8 Å². The number of fused-ring (bicyclic) bond motifs is 1. The van der Waals surface area contributed by atoms with Crippen molar-refractivity contribution in [3.05, 3.63) is 89.2 Å². The predicted octanol–water partition coefficient (Wildman–Crippen LogP) is 7.05. The monoisotopic (exact) mass is 546 g/mol. The quantitative estimate of drug-likeness (QED) is 0.213. The van der Waals surface area contributed by atoms with Crippen molar-refractivity contribution in [2.45, 2.75) is 49.8 Å². The summed E-state index contributed by atoms with van der Waals surface area (Å²) in [5, 5.41) is -0.145. The standard InChI is InChI=1S/C32H35FN2O3S/c1-22-9-14-29(27(21-22)32-35(23(2)36)28-7-3-4-8-30(28)39-32)38-20-6-5-17-34-18-15-25(16-19-34)31(37)24-10-12-26(33)13-11-24/h3-4,7-14,21,25,32H,5-6,15-20H2,1-2H3. The number of ketones is 1. The van der Waals surface area contributed by atoms with Crippen LogP contribution in [0.5, 0.6) is 5.75 Å². The molecule has 39 heavy (non-hydrogen) atoms. The van der Waals surface area contributed by atoms with Crippen LogP contribution >= 0.6 is 11.8 Å². The van der Waals surface area contributed by atoms with Gasteiger partial charge in [-0.25, -0.2) is 4.39 Å². The van der Waals surface area contributed by atoms with Crippen LogP contribution in [-0.2, 0) is 4.79 Å². The zero-order valence-electron chi connectivity index (χ0n) is 22.6. The van der Waals surface area contributed by atoms with E-state index in [9.17, 15) is 14.0 Å². The Labute approximate surface area is 234 Å². The number of ether oxygens (including phenoxy) is 1. The maximum absolute atomic E-state index is 13.2. The van der Waals surface area contributed by atoms with E-state index >= 15 is 0 Å². The number of carbonyl (C=O) groups excluding carboxylic acids is 2. The van der Waals surface area contributed by atoms with Crippen molar-refractivity contribution in [2.75, 3.05) is 31.1 Å². The van der Waals surface area contributed by atoms with Crippen molar-refractivity contribution in [1.82, 2.24) is 4.90 Å². The van der Waals surface area contributed by atoms with Crippen molar-refractivity contribution >= 4 is 29.1 Å². The number of rotatable bonds is 9. The lowest BCUT2D eigenvalue weighted by Crippen LogP contribution is -2.37. The Morgan fingerprint density at radius 1 is 1.00 bits per heavy atom. The van der Waals surface area contributed by atoms with E-state index in [0.29, 0.717) is 12.2 Å². The molecule has 204 valence electrons. The third kappa shape index (κ3) is 6.36. The molecule has 5 rings (SSSR count). The zero-order valence-corrected chi connectivity index (χ0v) is 23.4. The highest BCUT2D eigenvalue weighted by molar-refractivity contribution is 8.00. The number of halogens is 1. The zero-order chi connectivity index (χ0) is 27.4. The molecule has 3 aromatic rings. The average molecular weight is 547 g/mol. The van der Waals surface area contributed by atoms with Crippen LogP contribution in [0, 0.1) is 18.7 Å². The van der Waals surface area contributed by atoms with Gasteiger partial charge in [0.15, 0.2) is 5.78 Å². The molecular weight excluding hydrogens is 511 g/mol. The number of likely N-dealkylation sites (tertiary alicyclic amines) is 1. The van der Waals surface area contributed by atoms with Gasteiger partial charge in [0.05, 0.1) is 12.3 Å². The Morgan fingerprint density at radius 3 is 2.49 bits per heavy atom. The topological polar surface area (TPSA) is 49.9 Å². The molecule has 0 spiro atoms. The van der Waals surface area contributed by atoms with Crippen molar-refractivity contribution in [2.24, 2.45) is 5.92 Å². The minimum absolute atomic E-state index is 0.0177. The number of anilines is 1. The first kappa shape index (κ1) is 27.4. The van der Waals surface area contributed by atoms with E-state index in [-0.39, 0.29) is 28.8 Å². The van der Waals surface area contributed by atoms with Gasteiger partial charge in [-0.3, -0.25) is 14.5 Å². The first-order valence-corrected chi connectivity index (χ1v) is 14.6. The van der Waals surface area contributed by atoms with E-state index < -0.39 is 0 Å². The Bertz CT molecular complexity index is 1320. The Morgan fingerprint density at radius 2 is 1.74 bits per heavy atom. The number of para-hydroxylation sites is 1. The number of carbonyl (C=O) groups is 2. The molecular formula is C32H35FN2O3S. The van der Waals surface area contributed by atoms with Gasteiger partial charge < -0.3 is 9.64 Å². The summed E-state index contributed by atoms with van der Waals surface area (Å²) in [4.78, 5) is 30.7. The summed E-state index contributed by atoms with van der Waals surface area (Å²) in [6.45, 7) is 7.08. The number of aryl methyl sites for hydroxylation is 1. The fourth-order valence-electron chi connectivity index (χ4n) is 5.47. The van der Waals surface area contributed by atoms with Crippen LogP contribution in [0.4, 0.5) is 10.1 Å². The highest BCUT2D eigenvalue weighted by Gasteiger charge is 2.35. The summed E-state index contributed by atoms with van der Waals surface area (Å²) in [7, 11) is 0. The Hall–Kier alpha value is -3.16. The molecule has 0 radical (unpaired) electrons. The number of Topliss-reactive ketones (excluding diaryl/α,β-unsaturated/α-hetero) is 1. The smallest absolute Gasteiger partial charge is 0.225 e. The summed E-state index contributed by atoms with van der Waals surface area (Å²) in [6, 6.07) is 20.1. The largest absolute Gasteiger partial charge is 0.493 e. The van der Waals surface area contributed by atoms with Gasteiger partial charge in [0.1, 0.15) is 16.9 Å². The summed E-state index contributed by atoms with van der Waals surface area (Å²) in [5.74, 6) is 0.684. The summed E-state index contributed by atoms with van der Waals surface area (Å²) in [5.41, 5.74) is 3.72. The third-order valence-electron chi connectivity index (χ3n) is 7.58. The highest BCUT2D eigenvalue weighted by atomic mass is 32.2. The number of unbranched alkanes of at least 4 members (excludes halogenated alkanes) is 1. The minimum atomic E-state index is -0.315. The molecule has 1 unspecified atom stereocenters. The second-order valence-electron chi connectivity index (χ2n) is 10.4. The van der Waals surface area contributed by atoms with Crippen molar-refractivity contribution < 1.29 is 18.7 Å². The van der Waals surface area contributed by atoms with E-state index in [1.807, 2.05) is 29.2 Å². The lowest BCUT2D eigenvalue weighted by atomic mass is 9.89. The van der Waals surface area contributed by atoms with Crippen LogP contribution in [0.3, 0.4) is 0 Å². The van der Waals surface area contributed by atoms with Crippen LogP contribution in [0.2, 0.25) is 0 Å². The predicted molar refractivity (Wildman–Crippen MR) is 154 cm³/mol. The fraction of sp³-hybridized carbons (Fsp3) is 0.375. The second kappa shape index (κ2) is 12.3. The molecule has 2 aliphatic heterocycles. The summed E-state index contributed by atoms with van der Waals surface area (Å²) in [6.07, 6.45) is 3.62. The molecule has 7 heteroatoms. The number of hydrogen-bond donors (Lipinski definition) is 0. The molecule has 1 saturated heterocycles. The first-order chi connectivity index (χ1) is 18.9. The van der Waals surface area contributed by atoms with E-state index in [2.05, 4.69) is 30.0 Å². The van der Waals surface area contributed by atoms with Gasteiger partial charge in [0.2, 0.25) is 5.91 Å². The van der Waals surface area contributed by atoms with Gasteiger partial charge in [-0.1, -0.05) is 35.5 Å². The number of nitrogens with zero attached hydrogens (tertiary/aromatic N) is 2. The van der Waals surface area contributed by atoms with Crippen LogP contribution in [0.1, 0.15) is 59.5 Å². The van der Waals surface area contributed by atoms with E-state index in [4.69, 9.17) is 4.74 Å². The molecule has 2 aliphatic rings. The molecule has 3 aromatic carbocycles. The van der Waals surface area contributed by atoms with Gasteiger partial charge in [0.25, 0.3) is 0 Å². The van der Waals surface area contributed by atoms with Gasteiger partial charge in [-0.2, -0.15) is 0 Å². The molecule has 1 fully saturated rings. The molecule has 0 saturated carbocycles. The maximum atomic E-state index is 13.2. The van der Waals surface area contributed by atoms with Crippen LogP contribution < -0.4 is 9.64 Å². The lowest BCUT2D eigenvalue weighted by Gasteiger charge is -2.31. The van der Waals surface area contributed by atoms with Gasteiger partial charge in [-0.15, -0.1) is 0 Å². The SMILES string of the molecule is CC(=O)N1c2ccccc2SC1c1cc(C)ccc1OCCCCN1CCC(C(=O)c2ccc(F)cc2)CC1. The van der Waals surface area contributed by atoms with Crippen molar-refractivity contribution in [3.8, 4) is 5.75 Å². The normalized spacial score (nSPS) is 17.7. The van der Waals surface area contributed by atoms with Crippen molar-refractivity contribution in [3.63, 3.8) is 0 Å². The van der Waals surface area contributed by atoms with Gasteiger partial charge >= 0.3 is 0 Å². The Kier molecular flexibility index (Phi) is 8.68. The maximum Gasteiger partial charge on any atom is 0.225 e. The summed E-state index contributed by atoms with van der Waals surface area (Å²) < 4.78 is 19.5. The molecule has 2 heterocycles. The molecule has 1 atom stereocenters. The lowest BCUT2D eigenvalue weighted by molar-refractivity contribution is -0.116. The molecule has 0 aromatic heterocycles. The second-order valence-corrected chi connectivity index (χ2v) is 11.5. The third-order valence-corrected chi connectivity index (χ3v) is 8.87. The Balaban J connectivity index is 1.11.